The fourth-order valence-electron chi connectivity index (χ4n) is 2.49. The summed E-state index contributed by atoms with van der Waals surface area (Å²) in [5.74, 6) is 0.168. The Morgan fingerprint density at radius 3 is 2.63 bits per heavy atom. The molecule has 19 heavy (non-hydrogen) atoms. The van der Waals surface area contributed by atoms with Crippen LogP contribution in [-0.2, 0) is 17.8 Å². The molecule has 0 aliphatic carbocycles. The molecule has 1 amide bonds. The third-order valence-corrected chi connectivity index (χ3v) is 3.62. The number of carbonyl (C=O) groups is 1. The SMILES string of the molecule is CCCc1ccc(CN2CC(C#N)CCC2=O)cc1. The van der Waals surface area contributed by atoms with Crippen LogP contribution in [0.4, 0.5) is 0 Å². The van der Waals surface area contributed by atoms with E-state index < -0.39 is 0 Å². The number of hydrogen-bond donors (Lipinski definition) is 0. The minimum Gasteiger partial charge on any atom is -0.337 e. The van der Waals surface area contributed by atoms with Gasteiger partial charge < -0.3 is 4.90 Å². The molecule has 1 heterocycles. The first-order valence-electron chi connectivity index (χ1n) is 6.98. The lowest BCUT2D eigenvalue weighted by Gasteiger charge is -2.29. The standard InChI is InChI=1S/C16H20N2O/c1-2-3-13-4-6-14(7-5-13)11-18-12-15(10-17)8-9-16(18)19/h4-7,15H,2-3,8-9,11-12H2,1H3. The number of benzene rings is 1. The second-order valence-electron chi connectivity index (χ2n) is 5.21. The second-order valence-corrected chi connectivity index (χ2v) is 5.21. The largest absolute Gasteiger partial charge is 0.337 e. The van der Waals surface area contributed by atoms with Crippen molar-refractivity contribution in [2.24, 2.45) is 5.92 Å². The van der Waals surface area contributed by atoms with E-state index in [1.807, 2.05) is 4.90 Å². The third kappa shape index (κ3) is 3.57. The highest BCUT2D eigenvalue weighted by atomic mass is 16.2. The van der Waals surface area contributed by atoms with Crippen LogP contribution in [-0.4, -0.2) is 17.4 Å². The maximum absolute atomic E-state index is 11.8. The van der Waals surface area contributed by atoms with E-state index in [1.165, 1.54) is 5.56 Å². The molecule has 1 atom stereocenters. The van der Waals surface area contributed by atoms with Crippen LogP contribution in [0.1, 0.15) is 37.3 Å². The molecule has 2 rings (SSSR count). The predicted octanol–water partition coefficient (Wildman–Crippen LogP) is 2.90. The lowest BCUT2D eigenvalue weighted by Crippen LogP contribution is -2.38. The van der Waals surface area contributed by atoms with E-state index >= 15 is 0 Å². The maximum atomic E-state index is 11.8. The summed E-state index contributed by atoms with van der Waals surface area (Å²) in [7, 11) is 0. The molecule has 1 fully saturated rings. The van der Waals surface area contributed by atoms with E-state index in [9.17, 15) is 4.79 Å². The first-order valence-corrected chi connectivity index (χ1v) is 6.98. The van der Waals surface area contributed by atoms with Crippen molar-refractivity contribution in [3.05, 3.63) is 35.4 Å². The van der Waals surface area contributed by atoms with Gasteiger partial charge in [-0.2, -0.15) is 5.26 Å². The summed E-state index contributed by atoms with van der Waals surface area (Å²) in [5, 5.41) is 8.97. The summed E-state index contributed by atoms with van der Waals surface area (Å²) in [6.45, 7) is 3.37. The monoisotopic (exact) mass is 256 g/mol. The maximum Gasteiger partial charge on any atom is 0.222 e. The Bertz CT molecular complexity index is 473. The minimum atomic E-state index is -0.00272. The van der Waals surface area contributed by atoms with E-state index in [0.29, 0.717) is 25.9 Å². The molecule has 0 saturated carbocycles. The van der Waals surface area contributed by atoms with Crippen LogP contribution in [0, 0.1) is 17.2 Å². The van der Waals surface area contributed by atoms with Gasteiger partial charge in [0.25, 0.3) is 0 Å². The van der Waals surface area contributed by atoms with E-state index in [-0.39, 0.29) is 11.8 Å². The summed E-state index contributed by atoms with van der Waals surface area (Å²) in [5.41, 5.74) is 2.48. The van der Waals surface area contributed by atoms with Crippen molar-refractivity contribution >= 4 is 5.91 Å². The van der Waals surface area contributed by atoms with Crippen molar-refractivity contribution in [3.8, 4) is 6.07 Å². The lowest BCUT2D eigenvalue weighted by atomic mass is 9.98. The zero-order valence-electron chi connectivity index (χ0n) is 11.4. The number of likely N-dealkylation sites (tertiary alicyclic amines) is 1. The molecule has 1 aromatic rings. The molecule has 1 unspecified atom stereocenters. The Hall–Kier alpha value is -1.82. The molecule has 1 aromatic carbocycles. The van der Waals surface area contributed by atoms with Crippen molar-refractivity contribution in [1.82, 2.24) is 4.90 Å². The number of carbonyl (C=O) groups excluding carboxylic acids is 1. The van der Waals surface area contributed by atoms with Gasteiger partial charge in [-0.3, -0.25) is 4.79 Å². The van der Waals surface area contributed by atoms with E-state index in [1.54, 1.807) is 0 Å². The van der Waals surface area contributed by atoms with Crippen molar-refractivity contribution in [3.63, 3.8) is 0 Å². The van der Waals surface area contributed by atoms with Gasteiger partial charge in [0.15, 0.2) is 0 Å². The van der Waals surface area contributed by atoms with Crippen molar-refractivity contribution < 1.29 is 4.79 Å². The average Bonchev–Trinajstić information content (AvgIpc) is 2.44. The molecule has 0 spiro atoms. The molecule has 0 bridgehead atoms. The van der Waals surface area contributed by atoms with Gasteiger partial charge in [-0.1, -0.05) is 37.6 Å². The first kappa shape index (κ1) is 13.6. The highest BCUT2D eigenvalue weighted by Gasteiger charge is 2.25. The Kier molecular flexibility index (Phi) is 4.57. The van der Waals surface area contributed by atoms with Crippen LogP contribution >= 0.6 is 0 Å². The highest BCUT2D eigenvalue weighted by Crippen LogP contribution is 2.19. The van der Waals surface area contributed by atoms with Gasteiger partial charge in [0, 0.05) is 19.5 Å². The molecule has 0 N–H and O–H groups in total. The van der Waals surface area contributed by atoms with Crippen molar-refractivity contribution in [1.29, 1.82) is 5.26 Å². The van der Waals surface area contributed by atoms with Gasteiger partial charge in [0.05, 0.1) is 12.0 Å². The van der Waals surface area contributed by atoms with Crippen LogP contribution in [0.25, 0.3) is 0 Å². The number of hydrogen-bond acceptors (Lipinski definition) is 2. The smallest absolute Gasteiger partial charge is 0.222 e. The first-order chi connectivity index (χ1) is 9.22. The fraction of sp³-hybridized carbons (Fsp3) is 0.500. The number of rotatable bonds is 4. The van der Waals surface area contributed by atoms with Crippen LogP contribution in [0.15, 0.2) is 24.3 Å². The lowest BCUT2D eigenvalue weighted by molar-refractivity contribution is -0.134. The average molecular weight is 256 g/mol. The van der Waals surface area contributed by atoms with Gasteiger partial charge in [0.2, 0.25) is 5.91 Å². The van der Waals surface area contributed by atoms with Crippen LogP contribution in [0.2, 0.25) is 0 Å². The van der Waals surface area contributed by atoms with Gasteiger partial charge in [-0.05, 0) is 24.0 Å². The van der Waals surface area contributed by atoms with E-state index in [4.69, 9.17) is 5.26 Å². The molecule has 1 saturated heterocycles. The number of nitrogens with zero attached hydrogens (tertiary/aromatic N) is 2. The molecular weight excluding hydrogens is 236 g/mol. The van der Waals surface area contributed by atoms with Gasteiger partial charge in [-0.15, -0.1) is 0 Å². The van der Waals surface area contributed by atoms with Crippen molar-refractivity contribution in [2.45, 2.75) is 39.2 Å². The molecule has 1 aliphatic rings. The predicted molar refractivity (Wildman–Crippen MR) is 74.2 cm³/mol. The van der Waals surface area contributed by atoms with E-state index in [2.05, 4.69) is 37.3 Å². The Balaban J connectivity index is 1.99. The molecule has 0 aromatic heterocycles. The zero-order chi connectivity index (χ0) is 13.7. The quantitative estimate of drug-likeness (QED) is 0.831. The van der Waals surface area contributed by atoms with Gasteiger partial charge in [-0.25, -0.2) is 0 Å². The Morgan fingerprint density at radius 2 is 2.00 bits per heavy atom. The van der Waals surface area contributed by atoms with Crippen molar-refractivity contribution in [2.75, 3.05) is 6.54 Å². The van der Waals surface area contributed by atoms with Gasteiger partial charge >= 0.3 is 0 Å². The summed E-state index contributed by atoms with van der Waals surface area (Å²) < 4.78 is 0. The molecule has 1 aliphatic heterocycles. The third-order valence-electron chi connectivity index (χ3n) is 3.62. The molecule has 100 valence electrons. The van der Waals surface area contributed by atoms with E-state index in [0.717, 1.165) is 18.4 Å². The normalized spacial score (nSPS) is 19.3. The highest BCUT2D eigenvalue weighted by molar-refractivity contribution is 5.77. The molecular formula is C16H20N2O. The topological polar surface area (TPSA) is 44.1 Å². The summed E-state index contributed by atoms with van der Waals surface area (Å²) in [4.78, 5) is 13.7. The summed E-state index contributed by atoms with van der Waals surface area (Å²) in [6, 6.07) is 10.7. The summed E-state index contributed by atoms with van der Waals surface area (Å²) >= 11 is 0. The number of aryl methyl sites for hydroxylation is 1. The molecule has 3 heteroatoms. The Morgan fingerprint density at radius 1 is 1.32 bits per heavy atom. The molecule has 0 radical (unpaired) electrons. The van der Waals surface area contributed by atoms with Gasteiger partial charge in [0.1, 0.15) is 0 Å². The Labute approximate surface area is 114 Å². The van der Waals surface area contributed by atoms with Crippen LogP contribution in [0.5, 0.6) is 0 Å². The van der Waals surface area contributed by atoms with Crippen LogP contribution < -0.4 is 0 Å². The molecule has 3 nitrogen and oxygen atoms in total. The van der Waals surface area contributed by atoms with Crippen LogP contribution in [0.3, 0.4) is 0 Å². The number of amides is 1. The summed E-state index contributed by atoms with van der Waals surface area (Å²) in [6.07, 6.45) is 3.46. The number of nitriles is 1. The fourth-order valence-corrected chi connectivity index (χ4v) is 2.49. The minimum absolute atomic E-state index is 0.00272. The number of piperidine rings is 1. The zero-order valence-corrected chi connectivity index (χ0v) is 11.4. The second kappa shape index (κ2) is 6.38.